The van der Waals surface area contributed by atoms with Crippen LogP contribution in [0.3, 0.4) is 0 Å². The molecule has 136 valence electrons. The first kappa shape index (κ1) is 18.1. The molecule has 0 aliphatic carbocycles. The van der Waals surface area contributed by atoms with Crippen molar-refractivity contribution in [2.75, 3.05) is 5.43 Å². The number of carboxylic acid groups (broad SMARTS) is 1. The Kier molecular flexibility index (Phi) is 5.17. The molecule has 0 atom stereocenters. The van der Waals surface area contributed by atoms with Crippen molar-refractivity contribution in [1.29, 1.82) is 0 Å². The molecule has 2 aromatic carbocycles. The van der Waals surface area contributed by atoms with Gasteiger partial charge in [-0.2, -0.15) is 0 Å². The average Bonchev–Trinajstić information content (AvgIpc) is 2.95. The van der Waals surface area contributed by atoms with Gasteiger partial charge in [-0.3, -0.25) is 19.9 Å². The molecule has 1 aromatic heterocycles. The molecule has 0 radical (unpaired) electrons. The van der Waals surface area contributed by atoms with Crippen molar-refractivity contribution in [2.24, 2.45) is 4.99 Å². The van der Waals surface area contributed by atoms with Gasteiger partial charge in [0.2, 0.25) is 0 Å². The van der Waals surface area contributed by atoms with Crippen LogP contribution in [0.4, 0.5) is 5.69 Å². The molecule has 6 heteroatoms. The first-order valence-corrected chi connectivity index (χ1v) is 8.38. The minimum atomic E-state index is -0.969. The molecular formula is C21H19N3O3. The lowest BCUT2D eigenvalue weighted by molar-refractivity contribution is 0.0696. The van der Waals surface area contributed by atoms with Gasteiger partial charge in [-0.1, -0.05) is 18.2 Å². The van der Waals surface area contributed by atoms with Crippen molar-refractivity contribution in [3.8, 4) is 0 Å². The number of carboxylic acids is 1. The van der Waals surface area contributed by atoms with Crippen LogP contribution in [0.5, 0.6) is 0 Å². The van der Waals surface area contributed by atoms with Gasteiger partial charge in [-0.25, -0.2) is 4.79 Å². The first-order chi connectivity index (χ1) is 13.0. The summed E-state index contributed by atoms with van der Waals surface area (Å²) in [5.74, 6) is -1.16. The normalized spacial score (nSPS) is 10.9. The fourth-order valence-corrected chi connectivity index (χ4v) is 2.68. The highest BCUT2D eigenvalue weighted by Gasteiger charge is 2.11. The third kappa shape index (κ3) is 4.12. The van der Waals surface area contributed by atoms with Crippen molar-refractivity contribution in [3.63, 3.8) is 0 Å². The second-order valence-corrected chi connectivity index (χ2v) is 6.08. The van der Waals surface area contributed by atoms with Crippen LogP contribution >= 0.6 is 0 Å². The van der Waals surface area contributed by atoms with E-state index in [0.29, 0.717) is 11.3 Å². The first-order valence-electron chi connectivity index (χ1n) is 8.38. The molecule has 2 N–H and O–H groups in total. The van der Waals surface area contributed by atoms with Crippen LogP contribution in [0.25, 0.3) is 0 Å². The van der Waals surface area contributed by atoms with E-state index in [4.69, 9.17) is 5.11 Å². The zero-order chi connectivity index (χ0) is 19.4. The number of carbonyl (C=O) groups is 2. The standard InChI is InChI=1S/C21H19N3O3/c1-14-12-18(13-22-19-10-8-17(9-11-19)21(26)27)15(2)24(14)23-20(25)16-6-4-3-5-7-16/h3-13H,1-2H3,(H,23,25)(H,26,27). The molecule has 6 nitrogen and oxygen atoms in total. The van der Waals surface area contributed by atoms with Gasteiger partial charge in [-0.15, -0.1) is 0 Å². The number of aliphatic imine (C=N–C) groups is 1. The van der Waals surface area contributed by atoms with E-state index >= 15 is 0 Å². The van der Waals surface area contributed by atoms with Gasteiger partial charge >= 0.3 is 5.97 Å². The van der Waals surface area contributed by atoms with Gasteiger partial charge < -0.3 is 5.11 Å². The summed E-state index contributed by atoms with van der Waals surface area (Å²) in [6.45, 7) is 3.80. The van der Waals surface area contributed by atoms with Gasteiger partial charge in [0, 0.05) is 28.7 Å². The predicted molar refractivity (Wildman–Crippen MR) is 105 cm³/mol. The Morgan fingerprint density at radius 1 is 1.00 bits per heavy atom. The molecule has 1 amide bonds. The minimum Gasteiger partial charge on any atom is -0.478 e. The van der Waals surface area contributed by atoms with Crippen LogP contribution in [0, 0.1) is 13.8 Å². The topological polar surface area (TPSA) is 83.7 Å². The van der Waals surface area contributed by atoms with Gasteiger partial charge in [-0.05, 0) is 56.3 Å². The lowest BCUT2D eigenvalue weighted by Crippen LogP contribution is -2.24. The van der Waals surface area contributed by atoms with E-state index in [1.54, 1.807) is 35.2 Å². The van der Waals surface area contributed by atoms with E-state index in [2.05, 4.69) is 10.4 Å². The molecule has 27 heavy (non-hydrogen) atoms. The maximum absolute atomic E-state index is 12.4. The van der Waals surface area contributed by atoms with Crippen LogP contribution in [-0.4, -0.2) is 27.9 Å². The lowest BCUT2D eigenvalue weighted by Gasteiger charge is -2.11. The predicted octanol–water partition coefficient (Wildman–Crippen LogP) is 3.94. The number of carbonyl (C=O) groups excluding carboxylic acids is 1. The highest BCUT2D eigenvalue weighted by Crippen LogP contribution is 2.16. The number of nitrogens with zero attached hydrogens (tertiary/aromatic N) is 2. The SMILES string of the molecule is Cc1cc(C=Nc2ccc(C(=O)O)cc2)c(C)n1NC(=O)c1ccccc1. The summed E-state index contributed by atoms with van der Waals surface area (Å²) in [6, 6.07) is 17.3. The quantitative estimate of drug-likeness (QED) is 0.675. The van der Waals surface area contributed by atoms with Crippen LogP contribution in [-0.2, 0) is 0 Å². The van der Waals surface area contributed by atoms with Crippen molar-refractivity contribution in [3.05, 3.63) is 88.7 Å². The Labute approximate surface area is 156 Å². The minimum absolute atomic E-state index is 0.190. The fraction of sp³-hybridized carbons (Fsp3) is 0.0952. The van der Waals surface area contributed by atoms with Crippen molar-refractivity contribution in [1.82, 2.24) is 4.68 Å². The molecule has 0 bridgehead atoms. The number of amides is 1. The fourth-order valence-electron chi connectivity index (χ4n) is 2.68. The smallest absolute Gasteiger partial charge is 0.335 e. The summed E-state index contributed by atoms with van der Waals surface area (Å²) >= 11 is 0. The molecular weight excluding hydrogens is 342 g/mol. The molecule has 3 rings (SSSR count). The van der Waals surface area contributed by atoms with Crippen LogP contribution < -0.4 is 5.43 Å². The Balaban J connectivity index is 1.79. The molecule has 0 saturated carbocycles. The number of nitrogens with one attached hydrogen (secondary N) is 1. The van der Waals surface area contributed by atoms with Gasteiger partial charge in [0.1, 0.15) is 0 Å². The zero-order valence-electron chi connectivity index (χ0n) is 15.0. The molecule has 1 heterocycles. The zero-order valence-corrected chi connectivity index (χ0v) is 15.0. The number of benzene rings is 2. The van der Waals surface area contributed by atoms with E-state index in [1.165, 1.54) is 12.1 Å². The van der Waals surface area contributed by atoms with Gasteiger partial charge in [0.15, 0.2) is 0 Å². The molecule has 0 spiro atoms. The van der Waals surface area contributed by atoms with Crippen molar-refractivity contribution in [2.45, 2.75) is 13.8 Å². The Bertz CT molecular complexity index is 1000. The number of hydrogen-bond donors (Lipinski definition) is 2. The van der Waals surface area contributed by atoms with Gasteiger partial charge in [0.25, 0.3) is 5.91 Å². The average molecular weight is 361 g/mol. The maximum Gasteiger partial charge on any atom is 0.335 e. The number of aromatic nitrogens is 1. The third-order valence-electron chi connectivity index (χ3n) is 4.19. The van der Waals surface area contributed by atoms with E-state index < -0.39 is 5.97 Å². The summed E-state index contributed by atoms with van der Waals surface area (Å²) in [5.41, 5.74) is 6.92. The molecule has 0 aliphatic heterocycles. The summed E-state index contributed by atoms with van der Waals surface area (Å²) in [5, 5.41) is 8.93. The largest absolute Gasteiger partial charge is 0.478 e. The van der Waals surface area contributed by atoms with E-state index in [1.807, 2.05) is 38.1 Å². The molecule has 0 aliphatic rings. The lowest BCUT2D eigenvalue weighted by atomic mass is 10.2. The Hall–Kier alpha value is -3.67. The third-order valence-corrected chi connectivity index (χ3v) is 4.19. The molecule has 0 saturated heterocycles. The van der Waals surface area contributed by atoms with Gasteiger partial charge in [0.05, 0.1) is 11.3 Å². The van der Waals surface area contributed by atoms with Crippen molar-refractivity contribution >= 4 is 23.8 Å². The summed E-state index contributed by atoms with van der Waals surface area (Å²) in [4.78, 5) is 27.7. The number of rotatable bonds is 5. The molecule has 3 aromatic rings. The molecule has 0 fully saturated rings. The molecule has 0 unspecified atom stereocenters. The summed E-state index contributed by atoms with van der Waals surface area (Å²) in [7, 11) is 0. The van der Waals surface area contributed by atoms with E-state index in [-0.39, 0.29) is 11.5 Å². The monoisotopic (exact) mass is 361 g/mol. The number of hydrogen-bond acceptors (Lipinski definition) is 3. The van der Waals surface area contributed by atoms with Crippen LogP contribution in [0.1, 0.15) is 37.7 Å². The second kappa shape index (κ2) is 7.70. The number of aromatic carboxylic acids is 1. The summed E-state index contributed by atoms with van der Waals surface area (Å²) < 4.78 is 1.73. The summed E-state index contributed by atoms with van der Waals surface area (Å²) in [6.07, 6.45) is 1.70. The Morgan fingerprint density at radius 2 is 1.67 bits per heavy atom. The van der Waals surface area contributed by atoms with Crippen LogP contribution in [0.15, 0.2) is 65.7 Å². The Morgan fingerprint density at radius 3 is 2.30 bits per heavy atom. The maximum atomic E-state index is 12.4. The van der Waals surface area contributed by atoms with Crippen molar-refractivity contribution < 1.29 is 14.7 Å². The van der Waals surface area contributed by atoms with E-state index in [0.717, 1.165) is 17.0 Å². The van der Waals surface area contributed by atoms with E-state index in [9.17, 15) is 9.59 Å². The highest BCUT2D eigenvalue weighted by atomic mass is 16.4. The highest BCUT2D eigenvalue weighted by molar-refractivity contribution is 6.00. The van der Waals surface area contributed by atoms with Crippen LogP contribution in [0.2, 0.25) is 0 Å². The number of aryl methyl sites for hydroxylation is 1. The second-order valence-electron chi connectivity index (χ2n) is 6.08.